The fraction of sp³-hybridized carbons (Fsp3) is 0.462. The average molecular weight is 363 g/mol. The summed E-state index contributed by atoms with van der Waals surface area (Å²) in [6, 6.07) is 7.82. The summed E-state index contributed by atoms with van der Waals surface area (Å²) in [6.07, 6.45) is 2.26. The van der Waals surface area contributed by atoms with Crippen LogP contribution >= 0.6 is 24.0 Å². The van der Waals surface area contributed by atoms with Crippen molar-refractivity contribution < 1.29 is 4.74 Å². The monoisotopic (exact) mass is 363 g/mol. The standard InChI is InChI=1S/C13H21N3O.HI/c1-3-4-9-15-13(14)16-10-11-5-7-12(17-2)8-6-11;/h5-8H,3-4,9-10H2,1-2H3,(H3,14,15,16);1H. The van der Waals surface area contributed by atoms with E-state index in [1.807, 2.05) is 24.3 Å². The Morgan fingerprint density at radius 2 is 2.00 bits per heavy atom. The van der Waals surface area contributed by atoms with Crippen LogP contribution in [0.2, 0.25) is 0 Å². The molecule has 0 heterocycles. The van der Waals surface area contributed by atoms with Crippen molar-refractivity contribution >= 4 is 29.9 Å². The summed E-state index contributed by atoms with van der Waals surface area (Å²) in [6.45, 7) is 3.62. The van der Waals surface area contributed by atoms with Gasteiger partial charge in [-0.3, -0.25) is 0 Å². The molecule has 102 valence electrons. The number of guanidine groups is 1. The number of halogens is 1. The van der Waals surface area contributed by atoms with Crippen molar-refractivity contribution in [3.8, 4) is 5.75 Å². The van der Waals surface area contributed by atoms with Crippen molar-refractivity contribution in [2.45, 2.75) is 26.3 Å². The molecule has 0 aromatic heterocycles. The number of hydrogen-bond donors (Lipinski definition) is 2. The molecule has 0 spiro atoms. The number of methoxy groups -OCH3 is 1. The maximum absolute atomic E-state index is 5.73. The van der Waals surface area contributed by atoms with Crippen LogP contribution in [0.5, 0.6) is 5.75 Å². The third kappa shape index (κ3) is 6.68. The van der Waals surface area contributed by atoms with Gasteiger partial charge in [0.05, 0.1) is 13.7 Å². The molecule has 0 aliphatic rings. The van der Waals surface area contributed by atoms with Gasteiger partial charge in [-0.15, -0.1) is 24.0 Å². The van der Waals surface area contributed by atoms with Gasteiger partial charge in [-0.25, -0.2) is 4.99 Å². The molecule has 0 amide bonds. The fourth-order valence-electron chi connectivity index (χ4n) is 1.36. The van der Waals surface area contributed by atoms with Gasteiger partial charge in [-0.1, -0.05) is 25.5 Å². The number of aliphatic imine (C=N–C) groups is 1. The van der Waals surface area contributed by atoms with E-state index in [4.69, 9.17) is 10.5 Å². The van der Waals surface area contributed by atoms with E-state index in [9.17, 15) is 0 Å². The van der Waals surface area contributed by atoms with Gasteiger partial charge in [-0.05, 0) is 24.1 Å². The largest absolute Gasteiger partial charge is 0.497 e. The normalized spacial score (nSPS) is 10.7. The lowest BCUT2D eigenvalue weighted by atomic mass is 10.2. The molecule has 0 radical (unpaired) electrons. The number of unbranched alkanes of at least 4 members (excludes halogenated alkanes) is 1. The highest BCUT2D eigenvalue weighted by atomic mass is 127. The van der Waals surface area contributed by atoms with Crippen LogP contribution in [0.3, 0.4) is 0 Å². The van der Waals surface area contributed by atoms with Crippen molar-refractivity contribution in [3.63, 3.8) is 0 Å². The Morgan fingerprint density at radius 3 is 2.56 bits per heavy atom. The highest BCUT2D eigenvalue weighted by molar-refractivity contribution is 14.0. The third-order valence-corrected chi connectivity index (χ3v) is 2.43. The second kappa shape index (κ2) is 9.99. The molecule has 0 saturated heterocycles. The summed E-state index contributed by atoms with van der Waals surface area (Å²) in [5.41, 5.74) is 6.85. The summed E-state index contributed by atoms with van der Waals surface area (Å²) < 4.78 is 5.09. The minimum Gasteiger partial charge on any atom is -0.497 e. The minimum absolute atomic E-state index is 0. The molecule has 0 fully saturated rings. The number of hydrogen-bond acceptors (Lipinski definition) is 2. The van der Waals surface area contributed by atoms with Gasteiger partial charge in [0.1, 0.15) is 5.75 Å². The van der Waals surface area contributed by atoms with E-state index in [1.165, 1.54) is 0 Å². The van der Waals surface area contributed by atoms with Gasteiger partial charge >= 0.3 is 0 Å². The Morgan fingerprint density at radius 1 is 1.33 bits per heavy atom. The molecule has 0 saturated carbocycles. The maximum atomic E-state index is 5.73. The van der Waals surface area contributed by atoms with Gasteiger partial charge in [0, 0.05) is 6.54 Å². The van der Waals surface area contributed by atoms with E-state index < -0.39 is 0 Å². The quantitative estimate of drug-likeness (QED) is 0.353. The molecule has 3 N–H and O–H groups in total. The average Bonchev–Trinajstić information content (AvgIpc) is 2.37. The number of nitrogens with one attached hydrogen (secondary N) is 1. The lowest BCUT2D eigenvalue weighted by molar-refractivity contribution is 0.414. The number of nitrogens with zero attached hydrogens (tertiary/aromatic N) is 1. The summed E-state index contributed by atoms with van der Waals surface area (Å²) in [7, 11) is 1.66. The molecular weight excluding hydrogens is 341 g/mol. The summed E-state index contributed by atoms with van der Waals surface area (Å²) in [4.78, 5) is 4.26. The fourth-order valence-corrected chi connectivity index (χ4v) is 1.36. The Kier molecular flexibility index (Phi) is 9.45. The molecule has 5 heteroatoms. The van der Waals surface area contributed by atoms with E-state index in [2.05, 4.69) is 17.2 Å². The third-order valence-electron chi connectivity index (χ3n) is 2.43. The molecule has 0 atom stereocenters. The minimum atomic E-state index is 0. The van der Waals surface area contributed by atoms with Crippen molar-refractivity contribution in [1.82, 2.24) is 5.32 Å². The van der Waals surface area contributed by atoms with E-state index in [0.29, 0.717) is 12.5 Å². The lowest BCUT2D eigenvalue weighted by Gasteiger charge is -2.05. The Hall–Kier alpha value is -0.980. The van der Waals surface area contributed by atoms with Crippen LogP contribution < -0.4 is 15.8 Å². The Labute approximate surface area is 126 Å². The first-order chi connectivity index (χ1) is 8.26. The van der Waals surface area contributed by atoms with E-state index >= 15 is 0 Å². The highest BCUT2D eigenvalue weighted by Crippen LogP contribution is 2.11. The molecule has 0 bridgehead atoms. The summed E-state index contributed by atoms with van der Waals surface area (Å²) >= 11 is 0. The Bertz CT molecular complexity index is 352. The highest BCUT2D eigenvalue weighted by Gasteiger charge is 1.94. The van der Waals surface area contributed by atoms with E-state index in [-0.39, 0.29) is 24.0 Å². The van der Waals surface area contributed by atoms with Crippen LogP contribution in [-0.4, -0.2) is 19.6 Å². The number of benzene rings is 1. The Balaban J connectivity index is 0.00000289. The predicted octanol–water partition coefficient (Wildman–Crippen LogP) is 2.52. The van der Waals surface area contributed by atoms with Crippen LogP contribution in [0.1, 0.15) is 25.3 Å². The van der Waals surface area contributed by atoms with Gasteiger partial charge in [0.25, 0.3) is 0 Å². The van der Waals surface area contributed by atoms with Gasteiger partial charge in [-0.2, -0.15) is 0 Å². The molecule has 1 aromatic rings. The molecule has 1 aromatic carbocycles. The predicted molar refractivity (Wildman–Crippen MR) is 86.6 cm³/mol. The van der Waals surface area contributed by atoms with Crippen LogP contribution in [0.4, 0.5) is 0 Å². The molecule has 0 aliphatic heterocycles. The lowest BCUT2D eigenvalue weighted by Crippen LogP contribution is -2.32. The first-order valence-electron chi connectivity index (χ1n) is 5.93. The molecular formula is C13H22IN3O. The van der Waals surface area contributed by atoms with E-state index in [1.54, 1.807) is 7.11 Å². The van der Waals surface area contributed by atoms with Crippen LogP contribution in [0, 0.1) is 0 Å². The second-order valence-electron chi connectivity index (χ2n) is 3.83. The van der Waals surface area contributed by atoms with Gasteiger partial charge in [0.15, 0.2) is 5.96 Å². The number of ether oxygens (including phenoxy) is 1. The van der Waals surface area contributed by atoms with Crippen LogP contribution in [-0.2, 0) is 6.54 Å². The topological polar surface area (TPSA) is 59.6 Å². The zero-order valence-electron chi connectivity index (χ0n) is 11.0. The number of nitrogens with two attached hydrogens (primary N) is 1. The SMILES string of the molecule is CCCCNC(N)=NCc1ccc(OC)cc1.I. The maximum Gasteiger partial charge on any atom is 0.188 e. The van der Waals surface area contributed by atoms with Crippen molar-refractivity contribution in [1.29, 1.82) is 0 Å². The smallest absolute Gasteiger partial charge is 0.188 e. The molecule has 0 aliphatic carbocycles. The van der Waals surface area contributed by atoms with Crippen LogP contribution in [0.25, 0.3) is 0 Å². The summed E-state index contributed by atoms with van der Waals surface area (Å²) in [5, 5.41) is 3.08. The second-order valence-corrected chi connectivity index (χ2v) is 3.83. The van der Waals surface area contributed by atoms with Crippen LogP contribution in [0.15, 0.2) is 29.3 Å². The first-order valence-corrected chi connectivity index (χ1v) is 5.93. The molecule has 18 heavy (non-hydrogen) atoms. The molecule has 4 nitrogen and oxygen atoms in total. The van der Waals surface area contributed by atoms with Gasteiger partial charge < -0.3 is 15.8 Å². The van der Waals surface area contributed by atoms with Gasteiger partial charge in [0.2, 0.25) is 0 Å². The van der Waals surface area contributed by atoms with E-state index in [0.717, 1.165) is 30.7 Å². The molecule has 0 unspecified atom stereocenters. The zero-order chi connectivity index (χ0) is 12.5. The van der Waals surface area contributed by atoms with Crippen molar-refractivity contribution in [2.75, 3.05) is 13.7 Å². The van der Waals surface area contributed by atoms with Crippen molar-refractivity contribution in [3.05, 3.63) is 29.8 Å². The zero-order valence-corrected chi connectivity index (χ0v) is 13.3. The summed E-state index contributed by atoms with van der Waals surface area (Å²) in [5.74, 6) is 1.36. The first kappa shape index (κ1) is 17.0. The van der Waals surface area contributed by atoms with Crippen molar-refractivity contribution in [2.24, 2.45) is 10.7 Å². The number of rotatable bonds is 6. The molecule has 1 rings (SSSR count).